The van der Waals surface area contributed by atoms with Crippen molar-refractivity contribution in [3.05, 3.63) is 102 Å². The molecule has 0 spiro atoms. The minimum atomic E-state index is 0.119. The molecule has 224 valence electrons. The molecular weight excluding hydrogens is 556 g/mol. The van der Waals surface area contributed by atoms with Gasteiger partial charge in [-0.2, -0.15) is 4.40 Å². The zero-order chi connectivity index (χ0) is 31.1. The maximum absolute atomic E-state index is 6.81. The van der Waals surface area contributed by atoms with Crippen LogP contribution in [0.1, 0.15) is 43.4 Å². The Kier molecular flexibility index (Phi) is 6.04. The van der Waals surface area contributed by atoms with Gasteiger partial charge in [0, 0.05) is 24.4 Å². The Balaban J connectivity index is 1.35. The lowest BCUT2D eigenvalue weighted by Gasteiger charge is -2.28. The third-order valence-electron chi connectivity index (χ3n) is 9.75. The molecule has 7 nitrogen and oxygen atoms in total. The fourth-order valence-corrected chi connectivity index (χ4v) is 7.28. The molecule has 8 rings (SSSR count). The standard InChI is InChI=1S/C38H37N6O/c1-22(2)26-13-10-17-30-35(26)36-34(38-42(7)28-14-8-9-15-29(28)44(30)38)24(4)33(21-40-36)45-32-19-11-16-27(23(32)3)43-25(5)41(6)31-18-12-20-39-37(31)43/h8-22,25H,1-7H3/q+1/t25-/m1/s1. The maximum Gasteiger partial charge on any atom is 0.297 e. The molecule has 7 aromatic rings. The van der Waals surface area contributed by atoms with E-state index in [2.05, 4.69) is 128 Å². The Morgan fingerprint density at radius 3 is 2.38 bits per heavy atom. The SMILES string of the molecule is Cc1c(Oc2cnc3c4c(C(C)C)cccc4n4c5ccccc5[n+](C)c4c3c2C)cccc1N1c2ncccc2N(C)[C@H]1C. The number of imidazole rings is 1. The number of aromatic nitrogens is 4. The van der Waals surface area contributed by atoms with Crippen LogP contribution in [0.5, 0.6) is 11.5 Å². The zero-order valence-corrected chi connectivity index (χ0v) is 26.8. The fraction of sp³-hybridized carbons (Fsp3) is 0.237. The van der Waals surface area contributed by atoms with E-state index in [1.165, 1.54) is 27.5 Å². The van der Waals surface area contributed by atoms with Gasteiger partial charge in [0.2, 0.25) is 0 Å². The average Bonchev–Trinajstić information content (AvgIpc) is 3.49. The monoisotopic (exact) mass is 593 g/mol. The fourth-order valence-electron chi connectivity index (χ4n) is 7.28. The lowest BCUT2D eigenvalue weighted by Crippen LogP contribution is -2.36. The van der Waals surface area contributed by atoms with E-state index < -0.39 is 0 Å². The molecule has 0 radical (unpaired) electrons. The van der Waals surface area contributed by atoms with Gasteiger partial charge in [-0.1, -0.05) is 44.2 Å². The van der Waals surface area contributed by atoms with Gasteiger partial charge in [0.05, 0.1) is 40.9 Å². The van der Waals surface area contributed by atoms with Crippen LogP contribution < -0.4 is 19.1 Å². The summed E-state index contributed by atoms with van der Waals surface area (Å²) in [4.78, 5) is 14.5. The van der Waals surface area contributed by atoms with Crippen molar-refractivity contribution < 1.29 is 9.30 Å². The average molecular weight is 594 g/mol. The van der Waals surface area contributed by atoms with Gasteiger partial charge in [0.15, 0.2) is 16.9 Å². The number of hydrogen-bond donors (Lipinski definition) is 0. The van der Waals surface area contributed by atoms with Gasteiger partial charge >= 0.3 is 0 Å². The predicted molar refractivity (Wildman–Crippen MR) is 183 cm³/mol. The Bertz CT molecular complexity index is 2320. The molecule has 1 atom stereocenters. The lowest BCUT2D eigenvalue weighted by atomic mass is 9.95. The van der Waals surface area contributed by atoms with E-state index in [1.807, 2.05) is 24.5 Å². The third kappa shape index (κ3) is 3.79. The molecule has 1 aliphatic heterocycles. The summed E-state index contributed by atoms with van der Waals surface area (Å²) in [6, 6.07) is 25.6. The number of nitrogens with zero attached hydrogens (tertiary/aromatic N) is 6. The third-order valence-corrected chi connectivity index (χ3v) is 9.75. The molecule has 0 saturated heterocycles. The molecule has 7 heteroatoms. The first kappa shape index (κ1) is 27.4. The van der Waals surface area contributed by atoms with Crippen LogP contribution in [0.3, 0.4) is 0 Å². The minimum Gasteiger partial charge on any atom is -0.455 e. The summed E-state index contributed by atoms with van der Waals surface area (Å²) in [5, 5.41) is 2.30. The number of benzene rings is 3. The van der Waals surface area contributed by atoms with E-state index >= 15 is 0 Å². The summed E-state index contributed by atoms with van der Waals surface area (Å²) < 4.78 is 11.5. The Hall–Kier alpha value is -5.17. The van der Waals surface area contributed by atoms with Crippen molar-refractivity contribution in [2.75, 3.05) is 16.8 Å². The molecule has 3 aromatic carbocycles. The molecule has 4 aromatic heterocycles. The van der Waals surface area contributed by atoms with Crippen LogP contribution >= 0.6 is 0 Å². The summed E-state index contributed by atoms with van der Waals surface area (Å²) in [5.74, 6) is 2.86. The van der Waals surface area contributed by atoms with E-state index in [-0.39, 0.29) is 6.17 Å². The number of fused-ring (bicyclic) bond motifs is 9. The molecule has 0 saturated carbocycles. The molecule has 0 amide bonds. The number of rotatable bonds is 4. The molecule has 0 aliphatic carbocycles. The number of para-hydroxylation sites is 2. The van der Waals surface area contributed by atoms with Crippen LogP contribution in [0.25, 0.3) is 38.5 Å². The molecular formula is C38H37N6O+. The van der Waals surface area contributed by atoms with Gasteiger partial charge in [0.1, 0.15) is 23.2 Å². The highest BCUT2D eigenvalue weighted by atomic mass is 16.5. The van der Waals surface area contributed by atoms with Crippen LogP contribution in [0.2, 0.25) is 0 Å². The van der Waals surface area contributed by atoms with E-state index in [1.54, 1.807) is 0 Å². The second-order valence-corrected chi connectivity index (χ2v) is 12.5. The van der Waals surface area contributed by atoms with Gasteiger partial charge < -0.3 is 14.5 Å². The highest BCUT2D eigenvalue weighted by molar-refractivity contribution is 6.13. The second-order valence-electron chi connectivity index (χ2n) is 12.5. The first-order valence-corrected chi connectivity index (χ1v) is 15.7. The second kappa shape index (κ2) is 9.92. The van der Waals surface area contributed by atoms with Crippen molar-refractivity contribution in [3.63, 3.8) is 0 Å². The summed E-state index contributed by atoms with van der Waals surface area (Å²) in [5.41, 5.74) is 11.2. The van der Waals surface area contributed by atoms with E-state index in [9.17, 15) is 0 Å². The van der Waals surface area contributed by atoms with E-state index in [4.69, 9.17) is 14.7 Å². The van der Waals surface area contributed by atoms with E-state index in [0.717, 1.165) is 56.4 Å². The molecule has 5 heterocycles. The Labute approximate surface area is 262 Å². The normalized spacial score (nSPS) is 14.9. The molecule has 0 N–H and O–H groups in total. The van der Waals surface area contributed by atoms with Crippen molar-refractivity contribution in [2.24, 2.45) is 7.05 Å². The lowest BCUT2D eigenvalue weighted by molar-refractivity contribution is -0.617. The maximum atomic E-state index is 6.81. The quantitative estimate of drug-likeness (QED) is 0.151. The van der Waals surface area contributed by atoms with Crippen molar-refractivity contribution in [3.8, 4) is 11.5 Å². The van der Waals surface area contributed by atoms with Gasteiger partial charge in [-0.15, -0.1) is 0 Å². The van der Waals surface area contributed by atoms with Crippen molar-refractivity contribution >= 4 is 55.7 Å². The first-order chi connectivity index (χ1) is 21.8. The van der Waals surface area contributed by atoms with Crippen LogP contribution in [0, 0.1) is 13.8 Å². The van der Waals surface area contributed by atoms with Crippen molar-refractivity contribution in [1.29, 1.82) is 0 Å². The summed E-state index contributed by atoms with van der Waals surface area (Å²) in [6.07, 6.45) is 3.88. The number of pyridine rings is 3. The van der Waals surface area contributed by atoms with Gasteiger partial charge in [-0.25, -0.2) is 9.55 Å². The summed E-state index contributed by atoms with van der Waals surface area (Å²) in [7, 11) is 4.26. The zero-order valence-electron chi connectivity index (χ0n) is 26.8. The van der Waals surface area contributed by atoms with Crippen molar-refractivity contribution in [2.45, 2.75) is 46.7 Å². The molecule has 0 bridgehead atoms. The molecule has 1 aliphatic rings. The van der Waals surface area contributed by atoms with Crippen LogP contribution in [0.4, 0.5) is 17.2 Å². The van der Waals surface area contributed by atoms with Crippen LogP contribution in [0.15, 0.2) is 85.2 Å². The van der Waals surface area contributed by atoms with Gasteiger partial charge in [0.25, 0.3) is 5.65 Å². The highest BCUT2D eigenvalue weighted by Gasteiger charge is 2.34. The van der Waals surface area contributed by atoms with Crippen LogP contribution in [-0.4, -0.2) is 27.6 Å². The largest absolute Gasteiger partial charge is 0.455 e. The Morgan fingerprint density at radius 2 is 1.56 bits per heavy atom. The first-order valence-electron chi connectivity index (χ1n) is 15.7. The summed E-state index contributed by atoms with van der Waals surface area (Å²) in [6.45, 7) is 11.0. The number of aryl methyl sites for hydroxylation is 2. The smallest absolute Gasteiger partial charge is 0.297 e. The van der Waals surface area contributed by atoms with Crippen molar-refractivity contribution in [1.82, 2.24) is 14.4 Å². The highest BCUT2D eigenvalue weighted by Crippen LogP contribution is 2.45. The summed E-state index contributed by atoms with van der Waals surface area (Å²) >= 11 is 0. The molecule has 0 unspecified atom stereocenters. The van der Waals surface area contributed by atoms with Gasteiger partial charge in [-0.05, 0) is 74.7 Å². The minimum absolute atomic E-state index is 0.119. The molecule has 45 heavy (non-hydrogen) atoms. The predicted octanol–water partition coefficient (Wildman–Crippen LogP) is 8.48. The Morgan fingerprint density at radius 1 is 0.800 bits per heavy atom. The number of ether oxygens (including phenoxy) is 1. The topological polar surface area (TPSA) is 49.8 Å². The van der Waals surface area contributed by atoms with Crippen LogP contribution in [-0.2, 0) is 7.05 Å². The van der Waals surface area contributed by atoms with E-state index in [0.29, 0.717) is 5.92 Å². The number of hydrogen-bond acceptors (Lipinski definition) is 5. The number of anilines is 3. The molecule has 0 fully saturated rings. The van der Waals surface area contributed by atoms with Gasteiger partial charge in [-0.3, -0.25) is 4.98 Å².